The molecule has 1 aromatic heterocycles. The number of carbonyl (C=O) groups is 2. The number of halogens is 1. The lowest BCUT2D eigenvalue weighted by Gasteiger charge is -1.99. The van der Waals surface area contributed by atoms with Gasteiger partial charge in [0.25, 0.3) is 0 Å². The largest absolute Gasteiger partial charge is 0.481 e. The number of unbranched alkanes of at least 4 members (excludes halogenated alkanes) is 2. The van der Waals surface area contributed by atoms with Gasteiger partial charge in [0.2, 0.25) is 5.91 Å². The molecule has 0 fully saturated rings. The van der Waals surface area contributed by atoms with Gasteiger partial charge in [-0.15, -0.1) is 11.3 Å². The number of hydrogen-bond acceptors (Lipinski definition) is 4. The Morgan fingerprint density at radius 3 is 2.68 bits per heavy atom. The zero-order valence-electron chi connectivity index (χ0n) is 10.3. The maximum atomic E-state index is 11.4. The summed E-state index contributed by atoms with van der Waals surface area (Å²) in [6, 6.07) is 3.81. The molecule has 7 heteroatoms. The van der Waals surface area contributed by atoms with Gasteiger partial charge in [-0.05, 0) is 40.9 Å². The first kappa shape index (κ1) is 15.8. The van der Waals surface area contributed by atoms with E-state index in [-0.39, 0.29) is 12.3 Å². The number of carbonyl (C=O) groups excluding carboxylic acids is 1. The third kappa shape index (κ3) is 7.74. The summed E-state index contributed by atoms with van der Waals surface area (Å²) in [6.07, 6.45) is 4.14. The van der Waals surface area contributed by atoms with Crippen molar-refractivity contribution in [2.24, 2.45) is 5.10 Å². The summed E-state index contributed by atoms with van der Waals surface area (Å²) < 4.78 is 1.01. The highest BCUT2D eigenvalue weighted by Crippen LogP contribution is 2.20. The lowest BCUT2D eigenvalue weighted by Crippen LogP contribution is -2.16. The van der Waals surface area contributed by atoms with Crippen LogP contribution in [0.1, 0.15) is 37.0 Å². The van der Waals surface area contributed by atoms with Gasteiger partial charge in [0, 0.05) is 17.7 Å². The molecular weight excluding hydrogens is 332 g/mol. The SMILES string of the molecule is O=C(O)CCCCCC(=O)N/N=C/c1ccc(Br)s1. The first-order valence-electron chi connectivity index (χ1n) is 5.87. The number of carboxylic acid groups (broad SMARTS) is 1. The molecule has 1 rings (SSSR count). The van der Waals surface area contributed by atoms with E-state index in [0.29, 0.717) is 19.3 Å². The summed E-state index contributed by atoms with van der Waals surface area (Å²) >= 11 is 4.87. The number of thiophene rings is 1. The maximum absolute atomic E-state index is 11.4. The molecule has 0 aromatic carbocycles. The number of hydrogen-bond donors (Lipinski definition) is 2. The van der Waals surface area contributed by atoms with Crippen molar-refractivity contribution >= 4 is 45.4 Å². The highest BCUT2D eigenvalue weighted by atomic mass is 79.9. The summed E-state index contributed by atoms with van der Waals surface area (Å²) in [4.78, 5) is 22.6. The van der Waals surface area contributed by atoms with Crippen molar-refractivity contribution in [1.29, 1.82) is 0 Å². The molecule has 1 aromatic rings. The second-order valence-corrected chi connectivity index (χ2v) is 6.38. The van der Waals surface area contributed by atoms with Crippen LogP contribution in [0.3, 0.4) is 0 Å². The summed E-state index contributed by atoms with van der Waals surface area (Å²) in [6.45, 7) is 0. The molecule has 0 radical (unpaired) electrons. The van der Waals surface area contributed by atoms with E-state index in [0.717, 1.165) is 15.1 Å². The van der Waals surface area contributed by atoms with Gasteiger partial charge in [0.1, 0.15) is 0 Å². The number of nitrogens with one attached hydrogen (secondary N) is 1. The van der Waals surface area contributed by atoms with Crippen LogP contribution in [0, 0.1) is 0 Å². The Balaban J connectivity index is 2.11. The predicted molar refractivity (Wildman–Crippen MR) is 78.5 cm³/mol. The van der Waals surface area contributed by atoms with Crippen molar-refractivity contribution in [3.8, 4) is 0 Å². The van der Waals surface area contributed by atoms with E-state index in [9.17, 15) is 9.59 Å². The molecule has 0 saturated carbocycles. The smallest absolute Gasteiger partial charge is 0.303 e. The first-order chi connectivity index (χ1) is 9.08. The molecule has 0 atom stereocenters. The van der Waals surface area contributed by atoms with E-state index in [1.807, 2.05) is 12.1 Å². The Bertz CT molecular complexity index is 460. The Morgan fingerprint density at radius 2 is 2.05 bits per heavy atom. The molecule has 2 N–H and O–H groups in total. The molecular formula is C12H15BrN2O3S. The van der Waals surface area contributed by atoms with E-state index in [4.69, 9.17) is 5.11 Å². The normalized spacial score (nSPS) is 10.8. The molecule has 104 valence electrons. The quantitative estimate of drug-likeness (QED) is 0.431. The minimum atomic E-state index is -0.795. The number of aliphatic carboxylic acids is 1. The van der Waals surface area contributed by atoms with Crippen LogP contribution in [0.5, 0.6) is 0 Å². The van der Waals surface area contributed by atoms with E-state index in [1.54, 1.807) is 6.21 Å². The maximum Gasteiger partial charge on any atom is 0.303 e. The summed E-state index contributed by atoms with van der Waals surface area (Å²) in [5, 5.41) is 12.3. The van der Waals surface area contributed by atoms with Gasteiger partial charge in [-0.2, -0.15) is 5.10 Å². The van der Waals surface area contributed by atoms with Crippen LogP contribution in [-0.2, 0) is 9.59 Å². The van der Waals surface area contributed by atoms with Crippen molar-refractivity contribution in [1.82, 2.24) is 5.43 Å². The van der Waals surface area contributed by atoms with Gasteiger partial charge in [0.05, 0.1) is 10.0 Å². The second-order valence-electron chi connectivity index (χ2n) is 3.89. The van der Waals surface area contributed by atoms with Crippen molar-refractivity contribution < 1.29 is 14.7 Å². The van der Waals surface area contributed by atoms with Gasteiger partial charge in [-0.1, -0.05) is 6.42 Å². The van der Waals surface area contributed by atoms with Crippen molar-refractivity contribution in [2.45, 2.75) is 32.1 Å². The lowest BCUT2D eigenvalue weighted by molar-refractivity contribution is -0.137. The molecule has 19 heavy (non-hydrogen) atoms. The summed E-state index contributed by atoms with van der Waals surface area (Å²) in [5.74, 6) is -0.946. The highest BCUT2D eigenvalue weighted by Gasteiger charge is 2.01. The number of amides is 1. The van der Waals surface area contributed by atoms with Crippen LogP contribution >= 0.6 is 27.3 Å². The van der Waals surface area contributed by atoms with Gasteiger partial charge in [0.15, 0.2) is 0 Å². The molecule has 0 aliphatic rings. The zero-order chi connectivity index (χ0) is 14.1. The molecule has 0 aliphatic carbocycles. The minimum absolute atomic E-state index is 0.151. The third-order valence-corrected chi connectivity index (χ3v) is 3.83. The second kappa shape index (κ2) is 8.82. The lowest BCUT2D eigenvalue weighted by atomic mass is 10.1. The third-order valence-electron chi connectivity index (χ3n) is 2.27. The predicted octanol–water partition coefficient (Wildman–Crippen LogP) is 3.00. The van der Waals surface area contributed by atoms with Gasteiger partial charge in [-0.25, -0.2) is 5.43 Å². The summed E-state index contributed by atoms with van der Waals surface area (Å²) in [7, 11) is 0. The van der Waals surface area contributed by atoms with Gasteiger partial charge < -0.3 is 5.11 Å². The molecule has 1 heterocycles. The Morgan fingerprint density at radius 1 is 1.32 bits per heavy atom. The minimum Gasteiger partial charge on any atom is -0.481 e. The topological polar surface area (TPSA) is 78.8 Å². The molecule has 0 aliphatic heterocycles. The molecule has 0 spiro atoms. The first-order valence-corrected chi connectivity index (χ1v) is 7.48. The van der Waals surface area contributed by atoms with E-state index in [2.05, 4.69) is 26.5 Å². The van der Waals surface area contributed by atoms with Crippen molar-refractivity contribution in [2.75, 3.05) is 0 Å². The van der Waals surface area contributed by atoms with Gasteiger partial charge in [-0.3, -0.25) is 9.59 Å². The molecule has 0 bridgehead atoms. The molecule has 0 saturated heterocycles. The molecule has 5 nitrogen and oxygen atoms in total. The number of nitrogens with zero attached hydrogens (tertiary/aromatic N) is 1. The van der Waals surface area contributed by atoms with E-state index < -0.39 is 5.97 Å². The van der Waals surface area contributed by atoms with Crippen LogP contribution in [0.15, 0.2) is 21.0 Å². The number of hydrazone groups is 1. The number of carboxylic acids is 1. The fraction of sp³-hybridized carbons (Fsp3) is 0.417. The van der Waals surface area contributed by atoms with Crippen molar-refractivity contribution in [3.63, 3.8) is 0 Å². The zero-order valence-corrected chi connectivity index (χ0v) is 12.7. The van der Waals surface area contributed by atoms with Crippen molar-refractivity contribution in [3.05, 3.63) is 20.8 Å². The average Bonchev–Trinajstić information content (AvgIpc) is 2.74. The van der Waals surface area contributed by atoms with Crippen LogP contribution in [0.25, 0.3) is 0 Å². The van der Waals surface area contributed by atoms with Crippen LogP contribution < -0.4 is 5.43 Å². The highest BCUT2D eigenvalue weighted by molar-refractivity contribution is 9.11. The summed E-state index contributed by atoms with van der Waals surface area (Å²) in [5.41, 5.74) is 2.45. The van der Waals surface area contributed by atoms with Gasteiger partial charge >= 0.3 is 5.97 Å². The fourth-order valence-corrected chi connectivity index (χ4v) is 2.66. The van der Waals surface area contributed by atoms with Crippen LogP contribution in [0.4, 0.5) is 0 Å². The fourth-order valence-electron chi connectivity index (χ4n) is 1.36. The Kier molecular flexibility index (Phi) is 7.35. The molecule has 1 amide bonds. The Hall–Kier alpha value is -1.21. The average molecular weight is 347 g/mol. The van der Waals surface area contributed by atoms with Crippen LogP contribution in [-0.4, -0.2) is 23.2 Å². The van der Waals surface area contributed by atoms with E-state index >= 15 is 0 Å². The van der Waals surface area contributed by atoms with Crippen LogP contribution in [0.2, 0.25) is 0 Å². The number of rotatable bonds is 8. The Labute approximate surface area is 123 Å². The standard InChI is InChI=1S/C12H15BrN2O3S/c13-10-7-6-9(19-10)8-14-15-11(16)4-2-1-3-5-12(17)18/h6-8H,1-5H2,(H,15,16)(H,17,18)/b14-8+. The molecule has 0 unspecified atom stereocenters. The van der Waals surface area contributed by atoms with E-state index in [1.165, 1.54) is 11.3 Å². The monoisotopic (exact) mass is 346 g/mol.